The Morgan fingerprint density at radius 1 is 1.47 bits per heavy atom. The van der Waals surface area contributed by atoms with E-state index in [9.17, 15) is 13.5 Å². The van der Waals surface area contributed by atoms with Crippen LogP contribution in [0.4, 0.5) is 5.69 Å². The highest BCUT2D eigenvalue weighted by atomic mass is 32.2. The maximum atomic E-state index is 12.2. The molecular formula is C12H20N2O4S. The van der Waals surface area contributed by atoms with Gasteiger partial charge in [0.25, 0.3) is 0 Å². The summed E-state index contributed by atoms with van der Waals surface area (Å²) in [5, 5.41) is 9.30. The van der Waals surface area contributed by atoms with Gasteiger partial charge in [-0.25, -0.2) is 13.1 Å². The third-order valence-electron chi connectivity index (χ3n) is 2.64. The van der Waals surface area contributed by atoms with Crippen molar-refractivity contribution in [1.82, 2.24) is 4.72 Å². The van der Waals surface area contributed by atoms with Gasteiger partial charge in [0.1, 0.15) is 5.75 Å². The van der Waals surface area contributed by atoms with Crippen LogP contribution in [0.3, 0.4) is 0 Å². The van der Waals surface area contributed by atoms with E-state index in [0.29, 0.717) is 13.0 Å². The minimum Gasteiger partial charge on any atom is -0.506 e. The first kappa shape index (κ1) is 15.7. The molecule has 19 heavy (non-hydrogen) atoms. The number of ether oxygens (including phenoxy) is 1. The van der Waals surface area contributed by atoms with Crippen molar-refractivity contribution in [3.8, 4) is 5.75 Å². The Morgan fingerprint density at radius 3 is 2.68 bits per heavy atom. The second kappa shape index (κ2) is 6.74. The zero-order valence-corrected chi connectivity index (χ0v) is 11.9. The van der Waals surface area contributed by atoms with Gasteiger partial charge in [0.05, 0.1) is 17.2 Å². The molecule has 0 heterocycles. The third kappa shape index (κ3) is 4.38. The molecule has 0 saturated heterocycles. The van der Waals surface area contributed by atoms with Crippen LogP contribution in [0.15, 0.2) is 23.1 Å². The number of nitrogens with one attached hydrogen (secondary N) is 1. The lowest BCUT2D eigenvalue weighted by atomic mass is 10.2. The van der Waals surface area contributed by atoms with Crippen molar-refractivity contribution < 1.29 is 18.3 Å². The molecule has 108 valence electrons. The first-order valence-corrected chi connectivity index (χ1v) is 7.48. The van der Waals surface area contributed by atoms with Crippen LogP contribution in [-0.4, -0.2) is 33.3 Å². The number of aromatic hydroxyl groups is 1. The molecule has 0 amide bonds. The summed E-state index contributed by atoms with van der Waals surface area (Å²) in [6.45, 7) is 2.27. The van der Waals surface area contributed by atoms with E-state index >= 15 is 0 Å². The zero-order chi connectivity index (χ0) is 14.5. The van der Waals surface area contributed by atoms with Crippen LogP contribution in [0.25, 0.3) is 0 Å². The molecule has 0 fully saturated rings. The van der Waals surface area contributed by atoms with Gasteiger partial charge in [0, 0.05) is 13.2 Å². The first-order chi connectivity index (χ1) is 8.90. The molecule has 0 saturated carbocycles. The fourth-order valence-corrected chi connectivity index (χ4v) is 3.00. The van der Waals surface area contributed by atoms with Crippen molar-refractivity contribution in [2.75, 3.05) is 19.5 Å². The molecule has 0 bridgehead atoms. The van der Waals surface area contributed by atoms with Crippen LogP contribution >= 0.6 is 0 Å². The fourth-order valence-electron chi connectivity index (χ4n) is 1.71. The van der Waals surface area contributed by atoms with Crippen molar-refractivity contribution in [2.45, 2.75) is 30.7 Å². The lowest BCUT2D eigenvalue weighted by Gasteiger charge is -2.17. The number of benzene rings is 1. The number of hydrogen-bond acceptors (Lipinski definition) is 5. The van der Waals surface area contributed by atoms with Crippen molar-refractivity contribution in [3.05, 3.63) is 18.2 Å². The summed E-state index contributed by atoms with van der Waals surface area (Å²) in [6, 6.07) is 3.52. The van der Waals surface area contributed by atoms with Gasteiger partial charge in [0.2, 0.25) is 10.0 Å². The number of rotatable bonds is 7. The van der Waals surface area contributed by atoms with Crippen molar-refractivity contribution in [3.63, 3.8) is 0 Å². The summed E-state index contributed by atoms with van der Waals surface area (Å²) >= 11 is 0. The van der Waals surface area contributed by atoms with Crippen LogP contribution < -0.4 is 10.5 Å². The summed E-state index contributed by atoms with van der Waals surface area (Å²) < 4.78 is 31.9. The molecule has 0 aliphatic heterocycles. The average molecular weight is 288 g/mol. The smallest absolute Gasteiger partial charge is 0.240 e. The van der Waals surface area contributed by atoms with Crippen molar-refractivity contribution in [2.24, 2.45) is 0 Å². The topological polar surface area (TPSA) is 102 Å². The molecule has 1 atom stereocenters. The van der Waals surface area contributed by atoms with Crippen LogP contribution in [-0.2, 0) is 14.8 Å². The van der Waals surface area contributed by atoms with Crippen LogP contribution in [0.2, 0.25) is 0 Å². The maximum absolute atomic E-state index is 12.2. The quantitative estimate of drug-likeness (QED) is 0.514. The minimum atomic E-state index is -3.66. The number of sulfonamides is 1. The van der Waals surface area contributed by atoms with E-state index in [4.69, 9.17) is 10.5 Å². The number of methoxy groups -OCH3 is 1. The number of hydrogen-bond donors (Lipinski definition) is 3. The molecule has 0 spiro atoms. The number of nitrogens with two attached hydrogens (primary N) is 1. The maximum Gasteiger partial charge on any atom is 0.240 e. The molecule has 1 rings (SSSR count). The predicted octanol–water partition coefficient (Wildman–Crippen LogP) is 1.07. The van der Waals surface area contributed by atoms with E-state index in [1.54, 1.807) is 0 Å². The SMILES string of the molecule is CCCC(COC)NS(=O)(=O)c1ccc(O)c(N)c1. The lowest BCUT2D eigenvalue weighted by Crippen LogP contribution is -2.37. The van der Waals surface area contributed by atoms with Gasteiger partial charge in [-0.3, -0.25) is 0 Å². The molecule has 6 nitrogen and oxygen atoms in total. The zero-order valence-electron chi connectivity index (χ0n) is 11.1. The van der Waals surface area contributed by atoms with E-state index < -0.39 is 10.0 Å². The standard InChI is InChI=1S/C12H20N2O4S/c1-3-4-9(8-18-2)14-19(16,17)10-5-6-12(15)11(13)7-10/h5-7,9,14-15H,3-4,8,13H2,1-2H3. The highest BCUT2D eigenvalue weighted by Gasteiger charge is 2.20. The molecule has 0 aliphatic carbocycles. The van der Waals surface area contributed by atoms with Crippen molar-refractivity contribution in [1.29, 1.82) is 0 Å². The number of nitrogen functional groups attached to an aromatic ring is 1. The average Bonchev–Trinajstić information content (AvgIpc) is 2.32. The van der Waals surface area contributed by atoms with Gasteiger partial charge in [-0.1, -0.05) is 13.3 Å². The second-order valence-corrected chi connectivity index (χ2v) is 6.00. The monoisotopic (exact) mass is 288 g/mol. The van der Waals surface area contributed by atoms with E-state index in [0.717, 1.165) is 6.42 Å². The number of phenols is 1. The van der Waals surface area contributed by atoms with Gasteiger partial charge in [0.15, 0.2) is 0 Å². The van der Waals surface area contributed by atoms with Gasteiger partial charge in [-0.15, -0.1) is 0 Å². The second-order valence-electron chi connectivity index (χ2n) is 4.28. The molecule has 0 aliphatic rings. The molecule has 1 aromatic carbocycles. The Balaban J connectivity index is 2.92. The molecule has 0 radical (unpaired) electrons. The summed E-state index contributed by atoms with van der Waals surface area (Å²) in [4.78, 5) is 0.0278. The lowest BCUT2D eigenvalue weighted by molar-refractivity contribution is 0.171. The molecule has 7 heteroatoms. The van der Waals surface area contributed by atoms with Crippen molar-refractivity contribution >= 4 is 15.7 Å². The summed E-state index contributed by atoms with van der Waals surface area (Å²) in [7, 11) is -2.14. The normalized spacial score (nSPS) is 13.4. The van der Waals surface area contributed by atoms with E-state index in [2.05, 4.69) is 4.72 Å². The van der Waals surface area contributed by atoms with Gasteiger partial charge < -0.3 is 15.6 Å². The van der Waals surface area contributed by atoms with Crippen LogP contribution in [0.5, 0.6) is 5.75 Å². The molecule has 4 N–H and O–H groups in total. The summed E-state index contributed by atoms with van der Waals surface area (Å²) in [5.74, 6) is -0.138. The van der Waals surface area contributed by atoms with Crippen LogP contribution in [0, 0.1) is 0 Å². The minimum absolute atomic E-state index is 0.0278. The van der Waals surface area contributed by atoms with Gasteiger partial charge >= 0.3 is 0 Å². The Morgan fingerprint density at radius 2 is 2.16 bits per heavy atom. The predicted molar refractivity (Wildman–Crippen MR) is 73.4 cm³/mol. The van der Waals surface area contributed by atoms with Gasteiger partial charge in [-0.2, -0.15) is 0 Å². The summed E-state index contributed by atoms with van der Waals surface area (Å²) in [5.41, 5.74) is 5.53. The van der Waals surface area contributed by atoms with Crippen LogP contribution in [0.1, 0.15) is 19.8 Å². The highest BCUT2D eigenvalue weighted by Crippen LogP contribution is 2.23. The largest absolute Gasteiger partial charge is 0.506 e. The highest BCUT2D eigenvalue weighted by molar-refractivity contribution is 7.89. The number of phenolic OH excluding ortho intramolecular Hbond substituents is 1. The molecule has 1 unspecified atom stereocenters. The first-order valence-electron chi connectivity index (χ1n) is 6.00. The summed E-state index contributed by atoms with van der Waals surface area (Å²) in [6.07, 6.45) is 1.52. The third-order valence-corrected chi connectivity index (χ3v) is 4.15. The van der Waals surface area contributed by atoms with E-state index in [1.165, 1.54) is 25.3 Å². The van der Waals surface area contributed by atoms with Gasteiger partial charge in [-0.05, 0) is 24.6 Å². The number of anilines is 1. The Labute approximate surface area is 113 Å². The Bertz CT molecular complexity index is 510. The Hall–Kier alpha value is -1.31. The van der Waals surface area contributed by atoms with E-state index in [-0.39, 0.29) is 22.4 Å². The fraction of sp³-hybridized carbons (Fsp3) is 0.500. The molecule has 1 aromatic rings. The molecule has 0 aromatic heterocycles. The Kier molecular flexibility index (Phi) is 5.59. The molecular weight excluding hydrogens is 268 g/mol. The van der Waals surface area contributed by atoms with E-state index in [1.807, 2.05) is 6.92 Å².